The highest BCUT2D eigenvalue weighted by Crippen LogP contribution is 2.27. The van der Waals surface area contributed by atoms with Crippen molar-refractivity contribution in [3.05, 3.63) is 20.3 Å². The second-order valence-corrected chi connectivity index (χ2v) is 7.28. The Morgan fingerprint density at radius 2 is 2.14 bits per heavy atom. The van der Waals surface area contributed by atoms with Crippen LogP contribution < -0.4 is 0 Å². The number of carbonyl (C=O) groups excluding carboxylic acids is 1. The Kier molecular flexibility index (Phi) is 3.49. The molecule has 0 bridgehead atoms. The van der Waals surface area contributed by atoms with E-state index in [4.69, 9.17) is 0 Å². The average molecular weight is 297 g/mol. The van der Waals surface area contributed by atoms with Crippen molar-refractivity contribution in [3.8, 4) is 0 Å². The number of thiophene rings is 1. The van der Waals surface area contributed by atoms with Crippen molar-refractivity contribution in [2.75, 3.05) is 12.0 Å². The molecular formula is C8H9BrO3S2. The number of sulfone groups is 1. The molecule has 1 heterocycles. The summed E-state index contributed by atoms with van der Waals surface area (Å²) in [6.45, 7) is 1.87. The van der Waals surface area contributed by atoms with Gasteiger partial charge in [0.1, 0.15) is 5.75 Å². The van der Waals surface area contributed by atoms with Crippen LogP contribution in [0.2, 0.25) is 0 Å². The van der Waals surface area contributed by atoms with E-state index in [1.165, 1.54) is 11.3 Å². The van der Waals surface area contributed by atoms with Crippen LogP contribution in [0, 0.1) is 6.92 Å². The second-order valence-electron chi connectivity index (χ2n) is 3.03. The second kappa shape index (κ2) is 4.12. The first-order valence-corrected chi connectivity index (χ1v) is 7.43. The zero-order valence-electron chi connectivity index (χ0n) is 7.70. The summed E-state index contributed by atoms with van der Waals surface area (Å²) in [7, 11) is -3.24. The minimum atomic E-state index is -3.24. The molecule has 14 heavy (non-hydrogen) atoms. The number of hydrogen-bond donors (Lipinski definition) is 0. The molecule has 0 spiro atoms. The van der Waals surface area contributed by atoms with E-state index in [2.05, 4.69) is 15.9 Å². The highest BCUT2D eigenvalue weighted by Gasteiger charge is 2.17. The zero-order chi connectivity index (χ0) is 10.9. The summed E-state index contributed by atoms with van der Waals surface area (Å²) in [6.07, 6.45) is 1.05. The van der Waals surface area contributed by atoms with Crippen LogP contribution in [0.1, 0.15) is 14.5 Å². The van der Waals surface area contributed by atoms with E-state index in [1.807, 2.05) is 6.92 Å². The predicted molar refractivity (Wildman–Crippen MR) is 60.8 cm³/mol. The van der Waals surface area contributed by atoms with Crippen LogP contribution in [0.5, 0.6) is 0 Å². The van der Waals surface area contributed by atoms with E-state index >= 15 is 0 Å². The molecule has 0 radical (unpaired) electrons. The third-order valence-electron chi connectivity index (χ3n) is 1.46. The number of aryl methyl sites for hydroxylation is 1. The molecule has 6 heteroatoms. The summed E-state index contributed by atoms with van der Waals surface area (Å²) in [4.78, 5) is 13.0. The van der Waals surface area contributed by atoms with Gasteiger partial charge in [-0.2, -0.15) is 0 Å². The lowest BCUT2D eigenvalue weighted by molar-refractivity contribution is 0.102. The van der Waals surface area contributed by atoms with Gasteiger partial charge >= 0.3 is 0 Å². The van der Waals surface area contributed by atoms with E-state index in [0.29, 0.717) is 9.35 Å². The van der Waals surface area contributed by atoms with Crippen LogP contribution in [0.4, 0.5) is 0 Å². The molecule has 0 amide bonds. The lowest BCUT2D eigenvalue weighted by Gasteiger charge is -1.96. The molecule has 1 rings (SSSR count). The first kappa shape index (κ1) is 11.9. The van der Waals surface area contributed by atoms with Gasteiger partial charge < -0.3 is 0 Å². The van der Waals surface area contributed by atoms with Crippen LogP contribution in [0.3, 0.4) is 0 Å². The van der Waals surface area contributed by atoms with E-state index < -0.39 is 15.6 Å². The molecule has 0 atom stereocenters. The molecule has 0 aliphatic heterocycles. The Balaban J connectivity index is 2.96. The number of halogens is 1. The highest BCUT2D eigenvalue weighted by atomic mass is 79.9. The van der Waals surface area contributed by atoms with Gasteiger partial charge in [0.2, 0.25) is 0 Å². The summed E-state index contributed by atoms with van der Waals surface area (Å²) < 4.78 is 22.5. The van der Waals surface area contributed by atoms with Crippen LogP contribution in [0.25, 0.3) is 0 Å². The average Bonchev–Trinajstić information content (AvgIpc) is 2.26. The molecule has 78 valence electrons. The van der Waals surface area contributed by atoms with Crippen molar-refractivity contribution in [2.24, 2.45) is 0 Å². The topological polar surface area (TPSA) is 51.2 Å². The van der Waals surface area contributed by atoms with Gasteiger partial charge in [-0.15, -0.1) is 11.3 Å². The van der Waals surface area contributed by atoms with Crippen molar-refractivity contribution in [1.82, 2.24) is 0 Å². The summed E-state index contributed by atoms with van der Waals surface area (Å²) in [5.74, 6) is -0.775. The molecule has 0 aliphatic rings. The van der Waals surface area contributed by atoms with Gasteiger partial charge in [0.25, 0.3) is 0 Å². The lowest BCUT2D eigenvalue weighted by atomic mass is 10.3. The molecule has 0 aliphatic carbocycles. The standard InChI is InChI=1S/C8H9BrO3S2/c1-5-3-6(9)8(13-5)7(10)4-14(2,11)12/h3H,4H2,1-2H3. The fraction of sp³-hybridized carbons (Fsp3) is 0.375. The van der Waals surface area contributed by atoms with Crippen molar-refractivity contribution in [2.45, 2.75) is 6.92 Å². The van der Waals surface area contributed by atoms with Crippen molar-refractivity contribution in [3.63, 3.8) is 0 Å². The number of hydrogen-bond acceptors (Lipinski definition) is 4. The van der Waals surface area contributed by atoms with Gasteiger partial charge in [-0.05, 0) is 28.9 Å². The molecule has 3 nitrogen and oxygen atoms in total. The Morgan fingerprint density at radius 1 is 1.57 bits per heavy atom. The molecule has 1 aromatic heterocycles. The van der Waals surface area contributed by atoms with Gasteiger partial charge in [-0.3, -0.25) is 4.79 Å². The maximum absolute atomic E-state index is 11.5. The summed E-state index contributed by atoms with van der Waals surface area (Å²) in [6, 6.07) is 1.81. The predicted octanol–water partition coefficient (Wildman–Crippen LogP) is 2.05. The maximum atomic E-state index is 11.5. The summed E-state index contributed by atoms with van der Waals surface area (Å²) in [5.41, 5.74) is 0. The van der Waals surface area contributed by atoms with Crippen molar-refractivity contribution in [1.29, 1.82) is 0 Å². The first-order chi connectivity index (χ1) is 6.29. The van der Waals surface area contributed by atoms with Crippen LogP contribution in [0.15, 0.2) is 10.5 Å². The molecule has 1 aromatic rings. The minimum Gasteiger partial charge on any atom is -0.292 e. The number of ketones is 1. The number of rotatable bonds is 3. The van der Waals surface area contributed by atoms with Gasteiger partial charge in [0.05, 0.1) is 4.88 Å². The first-order valence-electron chi connectivity index (χ1n) is 3.76. The zero-order valence-corrected chi connectivity index (χ0v) is 10.9. The minimum absolute atomic E-state index is 0.350. The monoisotopic (exact) mass is 296 g/mol. The van der Waals surface area contributed by atoms with E-state index in [1.54, 1.807) is 6.07 Å². The molecule has 0 saturated carbocycles. The smallest absolute Gasteiger partial charge is 0.188 e. The SMILES string of the molecule is Cc1cc(Br)c(C(=O)CS(C)(=O)=O)s1. The third kappa shape index (κ3) is 3.18. The van der Waals surface area contributed by atoms with Gasteiger partial charge in [0.15, 0.2) is 15.6 Å². The number of Topliss-reactive ketones (excluding diaryl/α,β-unsaturated/α-hetero) is 1. The van der Waals surface area contributed by atoms with Gasteiger partial charge in [-0.25, -0.2) is 8.42 Å². The largest absolute Gasteiger partial charge is 0.292 e. The fourth-order valence-corrected chi connectivity index (χ4v) is 3.49. The van der Waals surface area contributed by atoms with E-state index in [9.17, 15) is 13.2 Å². The third-order valence-corrected chi connectivity index (χ3v) is 4.22. The molecule has 0 aromatic carbocycles. The highest BCUT2D eigenvalue weighted by molar-refractivity contribution is 9.10. The molecule has 0 fully saturated rings. The fourth-order valence-electron chi connectivity index (χ4n) is 0.977. The summed E-state index contributed by atoms with van der Waals surface area (Å²) >= 11 is 4.52. The quantitative estimate of drug-likeness (QED) is 0.802. The molecule has 0 unspecified atom stereocenters. The molecule has 0 N–H and O–H groups in total. The van der Waals surface area contributed by atoms with Crippen LogP contribution >= 0.6 is 27.3 Å². The Bertz CT molecular complexity index is 459. The Morgan fingerprint density at radius 3 is 2.50 bits per heavy atom. The molecule has 0 saturated heterocycles. The summed E-state index contributed by atoms with van der Waals surface area (Å²) in [5, 5.41) is 0. The van der Waals surface area contributed by atoms with E-state index in [0.717, 1.165) is 11.1 Å². The van der Waals surface area contributed by atoms with Crippen molar-refractivity contribution >= 4 is 42.9 Å². The van der Waals surface area contributed by atoms with Gasteiger partial charge in [-0.1, -0.05) is 0 Å². The van der Waals surface area contributed by atoms with Gasteiger partial charge in [0, 0.05) is 15.6 Å². The Hall–Kier alpha value is -0.200. The van der Waals surface area contributed by atoms with E-state index in [-0.39, 0.29) is 5.78 Å². The van der Waals surface area contributed by atoms with Crippen LogP contribution in [-0.2, 0) is 9.84 Å². The maximum Gasteiger partial charge on any atom is 0.188 e. The van der Waals surface area contributed by atoms with Crippen LogP contribution in [-0.4, -0.2) is 26.2 Å². The Labute approximate surface area is 95.2 Å². The normalized spacial score (nSPS) is 11.6. The number of carbonyl (C=O) groups is 1. The molecular weight excluding hydrogens is 288 g/mol. The van der Waals surface area contributed by atoms with Crippen molar-refractivity contribution < 1.29 is 13.2 Å². The lowest BCUT2D eigenvalue weighted by Crippen LogP contribution is -2.13.